The summed E-state index contributed by atoms with van der Waals surface area (Å²) in [5.74, 6) is -1.32. The number of amides is 1. The van der Waals surface area contributed by atoms with Gasteiger partial charge in [-0.2, -0.15) is 13.2 Å². The molecule has 2 heterocycles. The van der Waals surface area contributed by atoms with Crippen molar-refractivity contribution < 1.29 is 37.3 Å². The average Bonchev–Trinajstić information content (AvgIpc) is 3.49. The molecule has 0 aliphatic carbocycles. The SMILES string of the molecule is CCOc1ccc(CCNC(=O)c2cc3sccc3n2Cc2ccccc2)cc1OCC.O=C(O)C(F)(F)F. The Hall–Kier alpha value is -3.99. The summed E-state index contributed by atoms with van der Waals surface area (Å²) in [4.78, 5) is 21.9. The smallest absolute Gasteiger partial charge is 0.490 e. The standard InChI is InChI=1S/C26H28N2O3S.C2HF3O2/c1-3-30-23-11-10-19(16-24(23)31-4-2)12-14-27-26(29)22-17-25-21(13-15-32-25)28(22)18-20-8-6-5-7-9-20;3-2(4,5)1(6)7/h5-11,13,15-17H,3-4,12,14,18H2,1-2H3,(H,27,29);(H,6,7). The van der Waals surface area contributed by atoms with E-state index < -0.39 is 12.1 Å². The number of nitrogens with zero attached hydrogens (tertiary/aromatic N) is 1. The van der Waals surface area contributed by atoms with E-state index in [9.17, 15) is 18.0 Å². The number of carbonyl (C=O) groups excluding carboxylic acids is 1. The molecule has 0 fully saturated rings. The number of thiophene rings is 1. The molecule has 39 heavy (non-hydrogen) atoms. The third kappa shape index (κ3) is 8.25. The van der Waals surface area contributed by atoms with E-state index in [2.05, 4.69) is 33.5 Å². The lowest BCUT2D eigenvalue weighted by atomic mass is 10.1. The Kier molecular flexibility index (Phi) is 10.4. The molecule has 2 aromatic heterocycles. The number of halogens is 3. The normalized spacial score (nSPS) is 11.0. The van der Waals surface area contributed by atoms with Crippen LogP contribution in [0.15, 0.2) is 66.0 Å². The Morgan fingerprint density at radius 1 is 0.949 bits per heavy atom. The molecule has 4 rings (SSSR count). The van der Waals surface area contributed by atoms with Gasteiger partial charge >= 0.3 is 12.1 Å². The van der Waals surface area contributed by atoms with Gasteiger partial charge in [0.05, 0.1) is 23.4 Å². The molecule has 0 saturated carbocycles. The zero-order chi connectivity index (χ0) is 28.4. The number of rotatable bonds is 10. The van der Waals surface area contributed by atoms with Crippen LogP contribution in [0.5, 0.6) is 11.5 Å². The van der Waals surface area contributed by atoms with Crippen molar-refractivity contribution in [3.63, 3.8) is 0 Å². The van der Waals surface area contributed by atoms with Crippen LogP contribution < -0.4 is 14.8 Å². The number of benzene rings is 2. The molecule has 0 aliphatic heterocycles. The quantitative estimate of drug-likeness (QED) is 0.242. The second-order valence-corrected chi connectivity index (χ2v) is 9.18. The van der Waals surface area contributed by atoms with Crippen LogP contribution in [-0.4, -0.2) is 47.5 Å². The fraction of sp³-hybridized carbons (Fsp3) is 0.286. The molecule has 0 bridgehead atoms. The fourth-order valence-electron chi connectivity index (χ4n) is 3.76. The summed E-state index contributed by atoms with van der Waals surface area (Å²) in [7, 11) is 0. The number of aliphatic carboxylic acids is 1. The van der Waals surface area contributed by atoms with E-state index in [1.807, 2.05) is 56.3 Å². The monoisotopic (exact) mass is 562 g/mol. The number of nitrogens with one attached hydrogen (secondary N) is 1. The number of hydrogen-bond donors (Lipinski definition) is 2. The van der Waals surface area contributed by atoms with Crippen LogP contribution in [0.4, 0.5) is 13.2 Å². The number of ether oxygens (including phenoxy) is 2. The maximum Gasteiger partial charge on any atom is 0.490 e. The highest BCUT2D eigenvalue weighted by molar-refractivity contribution is 7.17. The molecule has 11 heteroatoms. The zero-order valence-corrected chi connectivity index (χ0v) is 22.3. The lowest BCUT2D eigenvalue weighted by Gasteiger charge is -2.13. The lowest BCUT2D eigenvalue weighted by molar-refractivity contribution is -0.192. The molecular formula is C28H29F3N2O5S. The van der Waals surface area contributed by atoms with Crippen LogP contribution in [0.2, 0.25) is 0 Å². The number of carbonyl (C=O) groups is 2. The summed E-state index contributed by atoms with van der Waals surface area (Å²) in [6.07, 6.45) is -4.37. The van der Waals surface area contributed by atoms with Gasteiger partial charge in [0.25, 0.3) is 5.91 Å². The number of carboxylic acid groups (broad SMARTS) is 1. The summed E-state index contributed by atoms with van der Waals surface area (Å²) in [6.45, 7) is 6.29. The van der Waals surface area contributed by atoms with Crippen LogP contribution in [0.3, 0.4) is 0 Å². The van der Waals surface area contributed by atoms with E-state index in [1.54, 1.807) is 11.3 Å². The molecule has 2 aromatic carbocycles. The highest BCUT2D eigenvalue weighted by Gasteiger charge is 2.38. The number of alkyl halides is 3. The summed E-state index contributed by atoms with van der Waals surface area (Å²) in [5.41, 5.74) is 4.05. The second-order valence-electron chi connectivity index (χ2n) is 8.23. The first-order chi connectivity index (χ1) is 18.6. The van der Waals surface area contributed by atoms with Crippen molar-refractivity contribution in [1.29, 1.82) is 0 Å². The molecule has 0 radical (unpaired) electrons. The van der Waals surface area contributed by atoms with Gasteiger partial charge in [-0.05, 0) is 61.0 Å². The summed E-state index contributed by atoms with van der Waals surface area (Å²) < 4.78 is 46.3. The van der Waals surface area contributed by atoms with Gasteiger partial charge < -0.3 is 24.5 Å². The highest BCUT2D eigenvalue weighted by atomic mass is 32.1. The molecule has 0 aliphatic rings. The van der Waals surface area contributed by atoms with E-state index in [0.717, 1.165) is 27.3 Å². The minimum Gasteiger partial charge on any atom is -0.490 e. The van der Waals surface area contributed by atoms with Gasteiger partial charge in [0.2, 0.25) is 0 Å². The molecular weight excluding hydrogens is 533 g/mol. The van der Waals surface area contributed by atoms with Gasteiger partial charge in [0.1, 0.15) is 5.69 Å². The number of aromatic nitrogens is 1. The van der Waals surface area contributed by atoms with Gasteiger partial charge in [0.15, 0.2) is 11.5 Å². The van der Waals surface area contributed by atoms with E-state index in [-0.39, 0.29) is 5.91 Å². The number of hydrogen-bond acceptors (Lipinski definition) is 5. The molecule has 4 aromatic rings. The first-order valence-electron chi connectivity index (χ1n) is 12.2. The van der Waals surface area contributed by atoms with E-state index >= 15 is 0 Å². The molecule has 0 spiro atoms. The predicted octanol–water partition coefficient (Wildman–Crippen LogP) is 6.15. The number of carboxylic acids is 1. The maximum atomic E-state index is 13.1. The van der Waals surface area contributed by atoms with Gasteiger partial charge in [-0.25, -0.2) is 4.79 Å². The number of fused-ring (bicyclic) bond motifs is 1. The minimum atomic E-state index is -5.08. The lowest BCUT2D eigenvalue weighted by Crippen LogP contribution is -2.28. The third-order valence-corrected chi connectivity index (χ3v) is 6.34. The van der Waals surface area contributed by atoms with Crippen LogP contribution in [0.1, 0.15) is 35.5 Å². The van der Waals surface area contributed by atoms with Crippen molar-refractivity contribution in [3.8, 4) is 11.5 Å². The fourth-order valence-corrected chi connectivity index (χ4v) is 4.59. The first kappa shape index (κ1) is 29.6. The largest absolute Gasteiger partial charge is 0.490 e. The van der Waals surface area contributed by atoms with E-state index in [1.165, 1.54) is 5.56 Å². The summed E-state index contributed by atoms with van der Waals surface area (Å²) in [5, 5.41) is 12.3. The van der Waals surface area contributed by atoms with Crippen molar-refractivity contribution in [2.45, 2.75) is 33.0 Å². The van der Waals surface area contributed by atoms with Gasteiger partial charge in [-0.1, -0.05) is 36.4 Å². The van der Waals surface area contributed by atoms with Gasteiger partial charge in [0, 0.05) is 13.1 Å². The van der Waals surface area contributed by atoms with Crippen molar-refractivity contribution in [3.05, 3.63) is 82.9 Å². The molecule has 0 atom stereocenters. The van der Waals surface area contributed by atoms with Crippen molar-refractivity contribution in [2.75, 3.05) is 19.8 Å². The molecule has 1 amide bonds. The van der Waals surface area contributed by atoms with Crippen LogP contribution in [0, 0.1) is 0 Å². The Morgan fingerprint density at radius 3 is 2.26 bits per heavy atom. The van der Waals surface area contributed by atoms with Gasteiger partial charge in [-0.15, -0.1) is 11.3 Å². The Labute approximate surface area is 227 Å². The third-order valence-electron chi connectivity index (χ3n) is 5.49. The van der Waals surface area contributed by atoms with Crippen molar-refractivity contribution in [1.82, 2.24) is 9.88 Å². The predicted molar refractivity (Wildman–Crippen MR) is 144 cm³/mol. The van der Waals surface area contributed by atoms with Crippen molar-refractivity contribution in [2.24, 2.45) is 0 Å². The zero-order valence-electron chi connectivity index (χ0n) is 21.5. The first-order valence-corrected chi connectivity index (χ1v) is 13.1. The average molecular weight is 563 g/mol. The van der Waals surface area contributed by atoms with Crippen molar-refractivity contribution >= 4 is 33.4 Å². The molecule has 0 saturated heterocycles. The highest BCUT2D eigenvalue weighted by Crippen LogP contribution is 2.29. The van der Waals surface area contributed by atoms with Crippen LogP contribution in [0.25, 0.3) is 10.2 Å². The Morgan fingerprint density at radius 2 is 1.62 bits per heavy atom. The molecule has 0 unspecified atom stereocenters. The Balaban J connectivity index is 0.000000532. The minimum absolute atomic E-state index is 0.0553. The van der Waals surface area contributed by atoms with Crippen LogP contribution >= 0.6 is 11.3 Å². The Bertz CT molecular complexity index is 1380. The summed E-state index contributed by atoms with van der Waals surface area (Å²) in [6, 6.07) is 20.2. The van der Waals surface area contributed by atoms with Crippen LogP contribution in [-0.2, 0) is 17.8 Å². The summed E-state index contributed by atoms with van der Waals surface area (Å²) >= 11 is 1.66. The maximum absolute atomic E-state index is 13.1. The van der Waals surface area contributed by atoms with E-state index in [0.29, 0.717) is 38.4 Å². The van der Waals surface area contributed by atoms with Gasteiger partial charge in [-0.3, -0.25) is 4.79 Å². The molecule has 208 valence electrons. The van der Waals surface area contributed by atoms with E-state index in [4.69, 9.17) is 19.4 Å². The molecule has 7 nitrogen and oxygen atoms in total. The second kappa shape index (κ2) is 13.7. The molecule has 2 N–H and O–H groups in total. The topological polar surface area (TPSA) is 89.8 Å².